The average molecular weight is 259 g/mol. The molecule has 0 fully saturated rings. The number of aryl methyl sites for hydroxylation is 1. The molecule has 1 N–H and O–H groups in total. The summed E-state index contributed by atoms with van der Waals surface area (Å²) >= 11 is 5.63. The van der Waals surface area contributed by atoms with Gasteiger partial charge in [0.2, 0.25) is 0 Å². The number of H-pyrrole nitrogens is 1. The first-order valence-corrected chi connectivity index (χ1v) is 5.19. The molecule has 1 heterocycles. The molecule has 0 amide bonds. The van der Waals surface area contributed by atoms with Gasteiger partial charge in [0, 0.05) is 23.7 Å². The zero-order chi connectivity index (χ0) is 12.6. The van der Waals surface area contributed by atoms with E-state index in [0.717, 1.165) is 10.7 Å². The lowest BCUT2D eigenvalue weighted by Gasteiger charge is -2.14. The lowest BCUT2D eigenvalue weighted by molar-refractivity contribution is 0.0374. The highest BCUT2D eigenvalue weighted by atomic mass is 35.5. The number of alkyl halides is 2. The van der Waals surface area contributed by atoms with Crippen LogP contribution in [0.2, 0.25) is 5.02 Å². The van der Waals surface area contributed by atoms with Crippen molar-refractivity contribution in [1.82, 2.24) is 9.78 Å². The molecule has 6 heteroatoms. The van der Waals surface area contributed by atoms with Gasteiger partial charge in [0.15, 0.2) is 0 Å². The van der Waals surface area contributed by atoms with Crippen LogP contribution in [0.3, 0.4) is 0 Å². The molecule has 90 valence electrons. The van der Waals surface area contributed by atoms with Crippen molar-refractivity contribution in [3.63, 3.8) is 0 Å². The second-order valence-corrected chi connectivity index (χ2v) is 4.08. The van der Waals surface area contributed by atoms with E-state index in [-0.39, 0.29) is 5.56 Å². The van der Waals surface area contributed by atoms with Crippen molar-refractivity contribution in [1.29, 1.82) is 0 Å². The quantitative estimate of drug-likeness (QED) is 0.883. The number of hydrogen-bond acceptors (Lipinski definition) is 1. The topological polar surface area (TPSA) is 37.8 Å². The lowest BCUT2D eigenvalue weighted by atomic mass is 10.1. The minimum absolute atomic E-state index is 0.219. The molecular weight excluding hydrogens is 250 g/mol. The summed E-state index contributed by atoms with van der Waals surface area (Å²) in [6.45, 7) is 0. The van der Waals surface area contributed by atoms with Crippen LogP contribution in [0.1, 0.15) is 11.3 Å². The normalized spacial score (nSPS) is 11.8. The largest absolute Gasteiger partial charge is 0.314 e. The van der Waals surface area contributed by atoms with Crippen molar-refractivity contribution in [2.24, 2.45) is 7.05 Å². The number of aromatic nitrogens is 2. The van der Waals surface area contributed by atoms with Gasteiger partial charge in [-0.15, -0.1) is 0 Å². The van der Waals surface area contributed by atoms with Gasteiger partial charge in [-0.3, -0.25) is 14.6 Å². The zero-order valence-electron chi connectivity index (χ0n) is 8.88. The summed E-state index contributed by atoms with van der Waals surface area (Å²) in [6.07, 6.45) is 0. The highest BCUT2D eigenvalue weighted by Gasteiger charge is 2.36. The van der Waals surface area contributed by atoms with Gasteiger partial charge >= 0.3 is 5.92 Å². The third-order valence-electron chi connectivity index (χ3n) is 2.43. The second-order valence-electron chi connectivity index (χ2n) is 3.65. The Bertz CT molecular complexity index is 586. The van der Waals surface area contributed by atoms with Crippen molar-refractivity contribution in [3.05, 3.63) is 57.0 Å². The Kier molecular flexibility index (Phi) is 2.79. The monoisotopic (exact) mass is 258 g/mol. The summed E-state index contributed by atoms with van der Waals surface area (Å²) in [5, 5.41) is 2.70. The van der Waals surface area contributed by atoms with Crippen LogP contribution in [-0.2, 0) is 13.0 Å². The van der Waals surface area contributed by atoms with Crippen molar-refractivity contribution in [3.8, 4) is 0 Å². The van der Waals surface area contributed by atoms with Crippen LogP contribution in [0.25, 0.3) is 0 Å². The van der Waals surface area contributed by atoms with Gasteiger partial charge < -0.3 is 0 Å². The fourth-order valence-electron chi connectivity index (χ4n) is 1.46. The van der Waals surface area contributed by atoms with Gasteiger partial charge in [0.1, 0.15) is 5.69 Å². The Morgan fingerprint density at radius 1 is 1.29 bits per heavy atom. The molecule has 17 heavy (non-hydrogen) atoms. The smallest absolute Gasteiger partial charge is 0.294 e. The van der Waals surface area contributed by atoms with E-state index in [9.17, 15) is 13.6 Å². The molecule has 0 unspecified atom stereocenters. The number of hydrogen-bond donors (Lipinski definition) is 1. The van der Waals surface area contributed by atoms with Crippen LogP contribution >= 0.6 is 11.6 Å². The highest BCUT2D eigenvalue weighted by Crippen LogP contribution is 2.34. The molecule has 0 radical (unpaired) electrons. The Labute approximate surface area is 101 Å². The molecular formula is C11H9ClF2N2O. The molecule has 0 aliphatic carbocycles. The summed E-state index contributed by atoms with van der Waals surface area (Å²) in [5.74, 6) is -3.25. The van der Waals surface area contributed by atoms with Gasteiger partial charge in [-0.05, 0) is 12.1 Å². The minimum atomic E-state index is -3.25. The predicted molar refractivity (Wildman–Crippen MR) is 60.5 cm³/mol. The maximum Gasteiger partial charge on any atom is 0.314 e. The first-order chi connectivity index (χ1) is 7.91. The Balaban J connectivity index is 2.48. The highest BCUT2D eigenvalue weighted by molar-refractivity contribution is 6.30. The lowest BCUT2D eigenvalue weighted by Crippen LogP contribution is -2.16. The summed E-state index contributed by atoms with van der Waals surface area (Å²) in [5.41, 5.74) is -1.16. The first-order valence-electron chi connectivity index (χ1n) is 4.81. The van der Waals surface area contributed by atoms with Crippen LogP contribution in [0, 0.1) is 0 Å². The molecule has 2 rings (SSSR count). The van der Waals surface area contributed by atoms with E-state index < -0.39 is 17.2 Å². The fraction of sp³-hybridized carbons (Fsp3) is 0.182. The van der Waals surface area contributed by atoms with E-state index in [1.807, 2.05) is 0 Å². The maximum absolute atomic E-state index is 14.0. The summed E-state index contributed by atoms with van der Waals surface area (Å²) in [4.78, 5) is 11.1. The predicted octanol–water partition coefficient (Wildman–Crippen LogP) is 2.51. The fourth-order valence-corrected chi connectivity index (χ4v) is 1.59. The molecule has 0 aliphatic heterocycles. The van der Waals surface area contributed by atoms with Crippen molar-refractivity contribution < 1.29 is 8.78 Å². The number of nitrogens with one attached hydrogen (secondary N) is 1. The van der Waals surface area contributed by atoms with E-state index in [2.05, 4.69) is 5.10 Å². The third kappa shape index (κ3) is 2.10. The van der Waals surface area contributed by atoms with Crippen LogP contribution < -0.4 is 5.56 Å². The van der Waals surface area contributed by atoms with Crippen LogP contribution in [0.15, 0.2) is 35.1 Å². The number of nitrogens with zero attached hydrogens (tertiary/aromatic N) is 1. The van der Waals surface area contributed by atoms with Crippen molar-refractivity contribution >= 4 is 11.6 Å². The second kappa shape index (κ2) is 4.00. The van der Waals surface area contributed by atoms with E-state index in [4.69, 9.17) is 11.6 Å². The van der Waals surface area contributed by atoms with Gasteiger partial charge in [-0.2, -0.15) is 8.78 Å². The van der Waals surface area contributed by atoms with Gasteiger partial charge in [0.05, 0.1) is 0 Å². The molecule has 0 spiro atoms. The average Bonchev–Trinajstić information content (AvgIpc) is 2.60. The molecule has 1 aromatic carbocycles. The summed E-state index contributed by atoms with van der Waals surface area (Å²) in [6, 6.07) is 6.10. The first kappa shape index (κ1) is 11.9. The summed E-state index contributed by atoms with van der Waals surface area (Å²) in [7, 11) is 1.38. The number of rotatable bonds is 2. The Hall–Kier alpha value is -1.62. The molecule has 2 aromatic rings. The molecule has 0 saturated heterocycles. The molecule has 1 aromatic heterocycles. The molecule has 0 atom stereocenters. The van der Waals surface area contributed by atoms with Crippen LogP contribution in [0.4, 0.5) is 8.78 Å². The number of aromatic amines is 1. The minimum Gasteiger partial charge on any atom is -0.294 e. The Morgan fingerprint density at radius 3 is 2.35 bits per heavy atom. The van der Waals surface area contributed by atoms with E-state index in [1.165, 1.54) is 31.3 Å². The molecule has 0 bridgehead atoms. The molecule has 0 saturated carbocycles. The van der Waals surface area contributed by atoms with Crippen LogP contribution in [0.5, 0.6) is 0 Å². The standard InChI is InChI=1S/C11H9ClF2N2O/c1-16-10(17)6-9(15-16)11(13,14)7-2-4-8(12)5-3-7/h2-6,15H,1H3. The SMILES string of the molecule is Cn1[nH]c(C(F)(F)c2ccc(Cl)cc2)cc1=O. The van der Waals surface area contributed by atoms with Gasteiger partial charge in [-0.25, -0.2) is 0 Å². The summed E-state index contributed by atoms with van der Waals surface area (Å²) < 4.78 is 29.0. The van der Waals surface area contributed by atoms with Gasteiger partial charge in [0.25, 0.3) is 5.56 Å². The zero-order valence-corrected chi connectivity index (χ0v) is 9.63. The van der Waals surface area contributed by atoms with E-state index in [1.54, 1.807) is 0 Å². The van der Waals surface area contributed by atoms with E-state index >= 15 is 0 Å². The van der Waals surface area contributed by atoms with Crippen molar-refractivity contribution in [2.45, 2.75) is 5.92 Å². The van der Waals surface area contributed by atoms with E-state index in [0.29, 0.717) is 5.02 Å². The number of benzene rings is 1. The molecule has 0 aliphatic rings. The van der Waals surface area contributed by atoms with Gasteiger partial charge in [-0.1, -0.05) is 23.7 Å². The number of halogens is 3. The maximum atomic E-state index is 14.0. The van der Waals surface area contributed by atoms with Crippen molar-refractivity contribution in [2.75, 3.05) is 0 Å². The third-order valence-corrected chi connectivity index (χ3v) is 2.68. The molecule has 3 nitrogen and oxygen atoms in total. The van der Waals surface area contributed by atoms with Crippen LogP contribution in [-0.4, -0.2) is 9.78 Å². The Morgan fingerprint density at radius 2 is 1.88 bits per heavy atom.